The van der Waals surface area contributed by atoms with E-state index >= 15 is 0 Å². The van der Waals surface area contributed by atoms with Crippen LogP contribution in [-0.4, -0.2) is 17.2 Å². The summed E-state index contributed by atoms with van der Waals surface area (Å²) in [7, 11) is 1.30. The predicted molar refractivity (Wildman–Crippen MR) is 47.0 cm³/mol. The molecule has 1 aromatic rings. The molecule has 78 valence electrons. The van der Waals surface area contributed by atoms with Gasteiger partial charge < -0.3 is 9.84 Å². The molecule has 0 aliphatic heterocycles. The van der Waals surface area contributed by atoms with Gasteiger partial charge in [0.25, 0.3) is 6.43 Å². The summed E-state index contributed by atoms with van der Waals surface area (Å²) in [6, 6.07) is 1.13. The molecular formula is C8H8ClF2NO2. The first kappa shape index (κ1) is 11.0. The monoisotopic (exact) mass is 223 g/mol. The minimum Gasteiger partial charge on any atom is -0.506 e. The number of nitrogens with zero attached hydrogens (tertiary/aromatic N) is 1. The molecule has 0 radical (unpaired) electrons. The van der Waals surface area contributed by atoms with Crippen molar-refractivity contribution in [3.63, 3.8) is 0 Å². The summed E-state index contributed by atoms with van der Waals surface area (Å²) >= 11 is 5.50. The van der Waals surface area contributed by atoms with Gasteiger partial charge in [-0.15, -0.1) is 11.6 Å². The quantitative estimate of drug-likeness (QED) is 0.801. The van der Waals surface area contributed by atoms with Crippen molar-refractivity contribution in [1.82, 2.24) is 4.98 Å². The van der Waals surface area contributed by atoms with Crippen molar-refractivity contribution in [3.05, 3.63) is 17.3 Å². The number of rotatable bonds is 3. The number of alkyl halides is 3. The van der Waals surface area contributed by atoms with Crippen LogP contribution in [0.5, 0.6) is 11.6 Å². The van der Waals surface area contributed by atoms with E-state index < -0.39 is 17.9 Å². The molecule has 1 aromatic heterocycles. The first-order valence-corrected chi connectivity index (χ1v) is 4.24. The average molecular weight is 224 g/mol. The summed E-state index contributed by atoms with van der Waals surface area (Å²) in [5, 5.41) is 9.16. The Bertz CT molecular complexity index is 333. The molecule has 0 fully saturated rings. The molecule has 0 bridgehead atoms. The molecule has 0 aliphatic carbocycles. The smallest absolute Gasteiger partial charge is 0.284 e. The van der Waals surface area contributed by atoms with Crippen LogP contribution in [-0.2, 0) is 5.88 Å². The number of hydrogen-bond acceptors (Lipinski definition) is 3. The van der Waals surface area contributed by atoms with Gasteiger partial charge in [0.1, 0.15) is 5.75 Å². The van der Waals surface area contributed by atoms with Crippen molar-refractivity contribution in [2.24, 2.45) is 0 Å². The molecule has 14 heavy (non-hydrogen) atoms. The molecule has 3 nitrogen and oxygen atoms in total. The van der Waals surface area contributed by atoms with Crippen molar-refractivity contribution in [3.8, 4) is 11.6 Å². The van der Waals surface area contributed by atoms with E-state index in [0.717, 1.165) is 6.07 Å². The lowest BCUT2D eigenvalue weighted by Crippen LogP contribution is -1.98. The molecule has 0 spiro atoms. The van der Waals surface area contributed by atoms with Gasteiger partial charge in [-0.25, -0.2) is 13.8 Å². The van der Waals surface area contributed by atoms with Crippen molar-refractivity contribution in [2.75, 3.05) is 7.11 Å². The molecule has 0 atom stereocenters. The fourth-order valence-electron chi connectivity index (χ4n) is 0.972. The van der Waals surface area contributed by atoms with Crippen molar-refractivity contribution >= 4 is 11.6 Å². The van der Waals surface area contributed by atoms with Gasteiger partial charge in [-0.1, -0.05) is 0 Å². The lowest BCUT2D eigenvalue weighted by atomic mass is 10.2. The van der Waals surface area contributed by atoms with Crippen LogP contribution in [0, 0.1) is 0 Å². The van der Waals surface area contributed by atoms with E-state index in [1.165, 1.54) is 7.11 Å². The second-order valence-corrected chi connectivity index (χ2v) is 2.76. The van der Waals surface area contributed by atoms with Gasteiger partial charge in [0, 0.05) is 5.56 Å². The third-order valence-electron chi connectivity index (χ3n) is 1.61. The number of halogens is 3. The molecule has 0 aliphatic rings. The Morgan fingerprint density at radius 2 is 2.29 bits per heavy atom. The summed E-state index contributed by atoms with van der Waals surface area (Å²) in [4.78, 5) is 3.45. The molecule has 0 amide bonds. The molecule has 1 N–H and O–H groups in total. The molecular weight excluding hydrogens is 216 g/mol. The van der Waals surface area contributed by atoms with Gasteiger partial charge in [-0.3, -0.25) is 0 Å². The Morgan fingerprint density at radius 1 is 1.64 bits per heavy atom. The van der Waals surface area contributed by atoms with Crippen LogP contribution in [0.3, 0.4) is 0 Å². The average Bonchev–Trinajstić information content (AvgIpc) is 2.16. The third kappa shape index (κ3) is 2.04. The number of hydrogen-bond donors (Lipinski definition) is 1. The number of pyridine rings is 1. The van der Waals surface area contributed by atoms with Crippen LogP contribution in [0.25, 0.3) is 0 Å². The normalized spacial score (nSPS) is 10.6. The highest BCUT2D eigenvalue weighted by Crippen LogP contribution is 2.31. The first-order valence-electron chi connectivity index (χ1n) is 3.71. The van der Waals surface area contributed by atoms with Crippen LogP contribution in [0.15, 0.2) is 6.07 Å². The van der Waals surface area contributed by atoms with Crippen LogP contribution < -0.4 is 4.74 Å². The maximum absolute atomic E-state index is 12.3. The van der Waals surface area contributed by atoms with Gasteiger partial charge >= 0.3 is 0 Å². The Hall–Kier alpha value is -1.10. The van der Waals surface area contributed by atoms with E-state index in [4.69, 9.17) is 21.4 Å². The highest BCUT2D eigenvalue weighted by atomic mass is 35.5. The molecule has 6 heteroatoms. The Kier molecular flexibility index (Phi) is 3.46. The summed E-state index contributed by atoms with van der Waals surface area (Å²) in [5.74, 6) is -0.530. The molecule has 0 saturated carbocycles. The second-order valence-electron chi connectivity index (χ2n) is 2.50. The van der Waals surface area contributed by atoms with Crippen LogP contribution in [0.4, 0.5) is 8.78 Å². The molecule has 0 saturated heterocycles. The number of ether oxygens (including phenoxy) is 1. The number of aromatic hydroxyl groups is 1. The third-order valence-corrected chi connectivity index (χ3v) is 1.90. The summed E-state index contributed by atoms with van der Waals surface area (Å²) in [6.07, 6.45) is -2.84. The van der Waals surface area contributed by atoms with Crippen molar-refractivity contribution in [2.45, 2.75) is 12.3 Å². The lowest BCUT2D eigenvalue weighted by Gasteiger charge is -2.08. The van der Waals surface area contributed by atoms with E-state index in [2.05, 4.69) is 4.98 Å². The maximum atomic E-state index is 12.3. The highest BCUT2D eigenvalue weighted by molar-refractivity contribution is 6.17. The maximum Gasteiger partial charge on any atom is 0.284 e. The summed E-state index contributed by atoms with van der Waals surface area (Å²) in [6.45, 7) is 0. The largest absolute Gasteiger partial charge is 0.506 e. The van der Waals surface area contributed by atoms with Crippen LogP contribution >= 0.6 is 11.6 Å². The molecule has 1 rings (SSSR count). The fourth-order valence-corrected chi connectivity index (χ4v) is 1.16. The van der Waals surface area contributed by atoms with Crippen LogP contribution in [0.1, 0.15) is 17.7 Å². The Balaban J connectivity index is 3.23. The molecule has 1 heterocycles. The van der Waals surface area contributed by atoms with Crippen molar-refractivity contribution < 1.29 is 18.6 Å². The minimum absolute atomic E-state index is 0.00750. The van der Waals surface area contributed by atoms with E-state index in [0.29, 0.717) is 5.56 Å². The minimum atomic E-state index is -2.84. The van der Waals surface area contributed by atoms with E-state index in [9.17, 15) is 8.78 Å². The Labute approximate surface area is 84.3 Å². The zero-order valence-corrected chi connectivity index (χ0v) is 8.05. The predicted octanol–water partition coefficient (Wildman–Crippen LogP) is 2.47. The topological polar surface area (TPSA) is 42.4 Å². The SMILES string of the molecule is COc1nc(C(F)F)c(O)cc1CCl. The van der Waals surface area contributed by atoms with E-state index in [1.54, 1.807) is 0 Å². The molecule has 0 unspecified atom stereocenters. The lowest BCUT2D eigenvalue weighted by molar-refractivity contribution is 0.140. The molecule has 0 aromatic carbocycles. The standard InChI is InChI=1S/C8H8ClF2NO2/c1-14-8-4(3-9)2-5(13)6(12-8)7(10)11/h2,7,13H,3H2,1H3. The first-order chi connectivity index (χ1) is 6.60. The van der Waals surface area contributed by atoms with Gasteiger partial charge in [-0.2, -0.15) is 0 Å². The zero-order valence-electron chi connectivity index (χ0n) is 7.30. The van der Waals surface area contributed by atoms with Crippen molar-refractivity contribution in [1.29, 1.82) is 0 Å². The number of methoxy groups -OCH3 is 1. The van der Waals surface area contributed by atoms with E-state index in [-0.39, 0.29) is 11.8 Å². The number of aromatic nitrogens is 1. The summed E-state index contributed by atoms with van der Waals surface area (Å²) < 4.78 is 29.3. The van der Waals surface area contributed by atoms with Crippen LogP contribution in [0.2, 0.25) is 0 Å². The fraction of sp³-hybridized carbons (Fsp3) is 0.375. The van der Waals surface area contributed by atoms with Gasteiger partial charge in [0.05, 0.1) is 13.0 Å². The zero-order chi connectivity index (χ0) is 10.7. The van der Waals surface area contributed by atoms with Gasteiger partial charge in [0.2, 0.25) is 5.88 Å². The van der Waals surface area contributed by atoms with Gasteiger partial charge in [0.15, 0.2) is 5.69 Å². The second kappa shape index (κ2) is 4.41. The summed E-state index contributed by atoms with van der Waals surface area (Å²) in [5.41, 5.74) is -0.327. The highest BCUT2D eigenvalue weighted by Gasteiger charge is 2.18. The van der Waals surface area contributed by atoms with E-state index in [1.807, 2.05) is 0 Å². The Morgan fingerprint density at radius 3 is 2.71 bits per heavy atom. The van der Waals surface area contributed by atoms with Gasteiger partial charge in [-0.05, 0) is 6.07 Å².